The van der Waals surface area contributed by atoms with Crippen molar-refractivity contribution in [2.24, 2.45) is 5.92 Å². The third-order valence-corrected chi connectivity index (χ3v) is 4.17. The van der Waals surface area contributed by atoms with Crippen molar-refractivity contribution in [2.45, 2.75) is 40.3 Å². The Hall–Kier alpha value is -2.34. The largest absolute Gasteiger partial charge is 0.449 e. The van der Waals surface area contributed by atoms with Gasteiger partial charge in [-0.2, -0.15) is 5.10 Å². The number of rotatable bonds is 7. The molecule has 26 heavy (non-hydrogen) atoms. The van der Waals surface area contributed by atoms with Crippen molar-refractivity contribution >= 4 is 23.5 Å². The average Bonchev–Trinajstić information content (AvgIpc) is 2.87. The topological polar surface area (TPSA) is 73.2 Å². The number of benzene rings is 1. The first-order valence-corrected chi connectivity index (χ1v) is 8.93. The van der Waals surface area contributed by atoms with Gasteiger partial charge >= 0.3 is 5.97 Å². The fourth-order valence-corrected chi connectivity index (χ4v) is 2.68. The number of ether oxygens (including phenoxy) is 1. The molecular weight excluding hydrogens is 354 g/mol. The SMILES string of the molecule is Cc1nn(Cc2ccccc2)c(Cl)c1C(=O)OC(C)C(=O)NCC(C)C. The molecule has 0 aliphatic carbocycles. The van der Waals surface area contributed by atoms with Crippen LogP contribution in [-0.2, 0) is 16.1 Å². The zero-order valence-electron chi connectivity index (χ0n) is 15.5. The number of hydrogen-bond donors (Lipinski definition) is 1. The maximum Gasteiger partial charge on any atom is 0.343 e. The van der Waals surface area contributed by atoms with Crippen molar-refractivity contribution in [1.29, 1.82) is 0 Å². The highest BCUT2D eigenvalue weighted by Gasteiger charge is 2.25. The fourth-order valence-electron chi connectivity index (χ4n) is 2.37. The molecule has 0 saturated heterocycles. The van der Waals surface area contributed by atoms with Crippen LogP contribution in [0.2, 0.25) is 5.15 Å². The van der Waals surface area contributed by atoms with Gasteiger partial charge in [0.15, 0.2) is 6.10 Å². The van der Waals surface area contributed by atoms with Gasteiger partial charge in [0.25, 0.3) is 5.91 Å². The number of aromatic nitrogens is 2. The third kappa shape index (κ3) is 5.08. The molecule has 1 unspecified atom stereocenters. The molecule has 1 N–H and O–H groups in total. The van der Waals surface area contributed by atoms with Crippen molar-refractivity contribution in [3.63, 3.8) is 0 Å². The summed E-state index contributed by atoms with van der Waals surface area (Å²) in [7, 11) is 0. The van der Waals surface area contributed by atoms with E-state index in [0.29, 0.717) is 24.7 Å². The van der Waals surface area contributed by atoms with E-state index in [1.165, 1.54) is 6.92 Å². The van der Waals surface area contributed by atoms with Gasteiger partial charge < -0.3 is 10.1 Å². The molecule has 1 aromatic carbocycles. The summed E-state index contributed by atoms with van der Waals surface area (Å²) in [5, 5.41) is 7.26. The van der Waals surface area contributed by atoms with Crippen LogP contribution in [-0.4, -0.2) is 34.3 Å². The van der Waals surface area contributed by atoms with Crippen LogP contribution in [0.3, 0.4) is 0 Å². The molecule has 6 nitrogen and oxygen atoms in total. The Bertz CT molecular complexity index is 772. The number of esters is 1. The normalized spacial score (nSPS) is 12.1. The first kappa shape index (κ1) is 20.0. The molecule has 0 saturated carbocycles. The number of hydrogen-bond acceptors (Lipinski definition) is 4. The number of carbonyl (C=O) groups excluding carboxylic acids is 2. The number of nitrogens with one attached hydrogen (secondary N) is 1. The Morgan fingerprint density at radius 1 is 1.23 bits per heavy atom. The predicted molar refractivity (Wildman–Crippen MR) is 100 cm³/mol. The van der Waals surface area contributed by atoms with Crippen LogP contribution in [0.1, 0.15) is 42.4 Å². The highest BCUT2D eigenvalue weighted by atomic mass is 35.5. The quantitative estimate of drug-likeness (QED) is 0.752. The van der Waals surface area contributed by atoms with Crippen LogP contribution >= 0.6 is 11.6 Å². The molecule has 1 aromatic heterocycles. The Morgan fingerprint density at radius 3 is 2.50 bits per heavy atom. The molecule has 7 heteroatoms. The molecule has 1 atom stereocenters. The van der Waals surface area contributed by atoms with E-state index in [-0.39, 0.29) is 16.6 Å². The van der Waals surface area contributed by atoms with Gasteiger partial charge in [-0.1, -0.05) is 55.8 Å². The molecule has 2 aromatic rings. The van der Waals surface area contributed by atoms with Crippen molar-refractivity contribution in [1.82, 2.24) is 15.1 Å². The Labute approximate surface area is 158 Å². The molecule has 1 amide bonds. The van der Waals surface area contributed by atoms with E-state index in [1.807, 2.05) is 44.2 Å². The van der Waals surface area contributed by atoms with Gasteiger partial charge in [0.05, 0.1) is 12.2 Å². The van der Waals surface area contributed by atoms with E-state index in [4.69, 9.17) is 16.3 Å². The number of amides is 1. The molecule has 1 heterocycles. The molecule has 0 fully saturated rings. The van der Waals surface area contributed by atoms with Crippen LogP contribution in [0.25, 0.3) is 0 Å². The Kier molecular flexibility index (Phi) is 6.80. The van der Waals surface area contributed by atoms with E-state index >= 15 is 0 Å². The minimum atomic E-state index is -0.908. The monoisotopic (exact) mass is 377 g/mol. The molecule has 0 radical (unpaired) electrons. The van der Waals surface area contributed by atoms with E-state index < -0.39 is 12.1 Å². The number of nitrogens with zero attached hydrogens (tertiary/aromatic N) is 2. The summed E-state index contributed by atoms with van der Waals surface area (Å²) >= 11 is 6.34. The van der Waals surface area contributed by atoms with Crippen LogP contribution < -0.4 is 5.32 Å². The minimum Gasteiger partial charge on any atom is -0.449 e. The lowest BCUT2D eigenvalue weighted by atomic mass is 10.2. The second-order valence-electron chi connectivity index (χ2n) is 6.58. The average molecular weight is 378 g/mol. The first-order valence-electron chi connectivity index (χ1n) is 8.55. The van der Waals surface area contributed by atoms with Crippen LogP contribution in [0.5, 0.6) is 0 Å². The van der Waals surface area contributed by atoms with Gasteiger partial charge in [0, 0.05) is 6.54 Å². The summed E-state index contributed by atoms with van der Waals surface area (Å²) in [4.78, 5) is 24.5. The van der Waals surface area contributed by atoms with Crippen molar-refractivity contribution in [2.75, 3.05) is 6.54 Å². The summed E-state index contributed by atoms with van der Waals surface area (Å²) in [6, 6.07) is 9.67. The van der Waals surface area contributed by atoms with Gasteiger partial charge in [-0.15, -0.1) is 0 Å². The molecule has 0 aliphatic rings. The van der Waals surface area contributed by atoms with E-state index in [9.17, 15) is 9.59 Å². The Morgan fingerprint density at radius 2 is 1.88 bits per heavy atom. The van der Waals surface area contributed by atoms with Crippen LogP contribution in [0.15, 0.2) is 30.3 Å². The lowest BCUT2D eigenvalue weighted by molar-refractivity contribution is -0.129. The highest BCUT2D eigenvalue weighted by molar-refractivity contribution is 6.32. The number of carbonyl (C=O) groups is 2. The lowest BCUT2D eigenvalue weighted by Gasteiger charge is -2.14. The van der Waals surface area contributed by atoms with Gasteiger partial charge in [-0.05, 0) is 25.3 Å². The summed E-state index contributed by atoms with van der Waals surface area (Å²) in [5.41, 5.74) is 1.66. The zero-order valence-corrected chi connectivity index (χ0v) is 16.2. The molecule has 0 bridgehead atoms. The summed E-state index contributed by atoms with van der Waals surface area (Å²) in [5.74, 6) is -0.675. The van der Waals surface area contributed by atoms with E-state index in [2.05, 4.69) is 10.4 Å². The van der Waals surface area contributed by atoms with E-state index in [0.717, 1.165) is 5.56 Å². The standard InChI is InChI=1S/C19H24ClN3O3/c1-12(2)10-21-18(24)14(4)26-19(25)16-13(3)22-23(17(16)20)11-15-8-6-5-7-9-15/h5-9,12,14H,10-11H2,1-4H3,(H,21,24). The van der Waals surface area contributed by atoms with Gasteiger partial charge in [0.2, 0.25) is 0 Å². The maximum absolute atomic E-state index is 12.5. The van der Waals surface area contributed by atoms with Gasteiger partial charge in [0.1, 0.15) is 10.7 Å². The summed E-state index contributed by atoms with van der Waals surface area (Å²) in [6.45, 7) is 8.16. The van der Waals surface area contributed by atoms with Crippen molar-refractivity contribution in [3.8, 4) is 0 Å². The summed E-state index contributed by atoms with van der Waals surface area (Å²) in [6.07, 6.45) is -0.908. The highest BCUT2D eigenvalue weighted by Crippen LogP contribution is 2.22. The first-order chi connectivity index (χ1) is 12.3. The Balaban J connectivity index is 2.08. The zero-order chi connectivity index (χ0) is 19.3. The second-order valence-corrected chi connectivity index (χ2v) is 6.94. The van der Waals surface area contributed by atoms with Crippen molar-refractivity contribution in [3.05, 3.63) is 52.3 Å². The fraction of sp³-hybridized carbons (Fsp3) is 0.421. The predicted octanol–water partition coefficient (Wildman–Crippen LogP) is 3.21. The van der Waals surface area contributed by atoms with Gasteiger partial charge in [-0.3, -0.25) is 4.79 Å². The smallest absolute Gasteiger partial charge is 0.343 e. The minimum absolute atomic E-state index is 0.186. The second kappa shape index (κ2) is 8.85. The van der Waals surface area contributed by atoms with E-state index in [1.54, 1.807) is 11.6 Å². The summed E-state index contributed by atoms with van der Waals surface area (Å²) < 4.78 is 6.81. The molecule has 0 spiro atoms. The van der Waals surface area contributed by atoms with Gasteiger partial charge in [-0.25, -0.2) is 9.48 Å². The molecule has 2 rings (SSSR count). The molecule has 140 valence electrons. The van der Waals surface area contributed by atoms with Crippen LogP contribution in [0.4, 0.5) is 0 Å². The third-order valence-electron chi connectivity index (χ3n) is 3.78. The maximum atomic E-state index is 12.5. The van der Waals surface area contributed by atoms with Crippen LogP contribution in [0, 0.1) is 12.8 Å². The molecule has 0 aliphatic heterocycles. The lowest BCUT2D eigenvalue weighted by Crippen LogP contribution is -2.37. The molecular formula is C19H24ClN3O3. The number of halogens is 1. The number of aryl methyl sites for hydroxylation is 1. The van der Waals surface area contributed by atoms with Crippen molar-refractivity contribution < 1.29 is 14.3 Å².